The zero-order chi connectivity index (χ0) is 12.1. The molecule has 2 rings (SSSR count). The van der Waals surface area contributed by atoms with Crippen molar-refractivity contribution in [3.8, 4) is 5.75 Å². The molecule has 0 bridgehead atoms. The first kappa shape index (κ1) is 12.4. The van der Waals surface area contributed by atoms with Crippen molar-refractivity contribution < 1.29 is 14.6 Å². The molecule has 0 heterocycles. The number of ether oxygens (including phenoxy) is 2. The lowest BCUT2D eigenvalue weighted by molar-refractivity contribution is 0.131. The highest BCUT2D eigenvalue weighted by molar-refractivity contribution is 5.39. The zero-order valence-electron chi connectivity index (χ0n) is 10.3. The van der Waals surface area contributed by atoms with Crippen molar-refractivity contribution in [2.24, 2.45) is 0 Å². The molecular weight excluding hydrogens is 216 g/mol. The molecule has 0 amide bonds. The SMILES string of the molecule is CCOCCCOc1ccc2c(c1)CCC2O. The third-order valence-electron chi connectivity index (χ3n) is 3.07. The summed E-state index contributed by atoms with van der Waals surface area (Å²) in [5, 5.41) is 9.69. The van der Waals surface area contributed by atoms with Crippen molar-refractivity contribution >= 4 is 0 Å². The Hall–Kier alpha value is -1.06. The van der Waals surface area contributed by atoms with Crippen molar-refractivity contribution in [2.45, 2.75) is 32.3 Å². The van der Waals surface area contributed by atoms with Crippen molar-refractivity contribution in [3.05, 3.63) is 29.3 Å². The van der Waals surface area contributed by atoms with Crippen LogP contribution in [0.25, 0.3) is 0 Å². The van der Waals surface area contributed by atoms with Crippen LogP contribution < -0.4 is 4.74 Å². The lowest BCUT2D eigenvalue weighted by atomic mass is 10.1. The summed E-state index contributed by atoms with van der Waals surface area (Å²) in [6.07, 6.45) is 2.42. The third kappa shape index (κ3) is 3.20. The fraction of sp³-hybridized carbons (Fsp3) is 0.571. The Morgan fingerprint density at radius 2 is 2.24 bits per heavy atom. The Morgan fingerprint density at radius 3 is 3.06 bits per heavy atom. The van der Waals surface area contributed by atoms with Crippen LogP contribution in [0.15, 0.2) is 18.2 Å². The van der Waals surface area contributed by atoms with Gasteiger partial charge in [-0.3, -0.25) is 0 Å². The van der Waals surface area contributed by atoms with E-state index in [1.165, 1.54) is 5.56 Å². The van der Waals surface area contributed by atoms with Gasteiger partial charge in [0.15, 0.2) is 0 Å². The lowest BCUT2D eigenvalue weighted by Crippen LogP contribution is -2.03. The van der Waals surface area contributed by atoms with Crippen LogP contribution in [0.2, 0.25) is 0 Å². The standard InChI is InChI=1S/C14H20O3/c1-2-16-8-3-9-17-12-5-6-13-11(10-12)4-7-14(13)15/h5-6,10,14-15H,2-4,7-9H2,1H3. The zero-order valence-corrected chi connectivity index (χ0v) is 10.3. The number of hydrogen-bond acceptors (Lipinski definition) is 3. The maximum atomic E-state index is 9.69. The van der Waals surface area contributed by atoms with Gasteiger partial charge in [-0.1, -0.05) is 6.07 Å². The van der Waals surface area contributed by atoms with Gasteiger partial charge in [0, 0.05) is 19.6 Å². The summed E-state index contributed by atoms with van der Waals surface area (Å²) in [4.78, 5) is 0. The molecule has 17 heavy (non-hydrogen) atoms. The number of hydrogen-bond donors (Lipinski definition) is 1. The highest BCUT2D eigenvalue weighted by atomic mass is 16.5. The number of benzene rings is 1. The Bertz CT molecular complexity index is 362. The van der Waals surface area contributed by atoms with Gasteiger partial charge in [0.1, 0.15) is 5.75 Å². The predicted molar refractivity (Wildman–Crippen MR) is 66.3 cm³/mol. The van der Waals surface area contributed by atoms with Gasteiger partial charge >= 0.3 is 0 Å². The minimum atomic E-state index is -0.281. The van der Waals surface area contributed by atoms with Crippen molar-refractivity contribution in [3.63, 3.8) is 0 Å². The monoisotopic (exact) mass is 236 g/mol. The molecule has 3 nitrogen and oxygen atoms in total. The van der Waals surface area contributed by atoms with E-state index in [-0.39, 0.29) is 6.10 Å². The highest BCUT2D eigenvalue weighted by Gasteiger charge is 2.20. The van der Waals surface area contributed by atoms with E-state index >= 15 is 0 Å². The molecule has 0 aromatic heterocycles. The summed E-state index contributed by atoms with van der Waals surface area (Å²) >= 11 is 0. The molecule has 3 heteroatoms. The molecule has 1 N–H and O–H groups in total. The summed E-state index contributed by atoms with van der Waals surface area (Å²) in [6, 6.07) is 5.96. The first-order chi connectivity index (χ1) is 8.31. The number of rotatable bonds is 6. The average Bonchev–Trinajstić information content (AvgIpc) is 2.71. The number of aliphatic hydroxyl groups excluding tert-OH is 1. The molecule has 0 spiro atoms. The number of aryl methyl sites for hydroxylation is 1. The van der Waals surface area contributed by atoms with Crippen LogP contribution in [0.5, 0.6) is 5.75 Å². The lowest BCUT2D eigenvalue weighted by Gasteiger charge is -2.09. The van der Waals surface area contributed by atoms with Gasteiger partial charge in [-0.05, 0) is 43.0 Å². The molecule has 1 aliphatic carbocycles. The van der Waals surface area contributed by atoms with E-state index in [1.807, 2.05) is 25.1 Å². The van der Waals surface area contributed by atoms with E-state index in [9.17, 15) is 5.11 Å². The second kappa shape index (κ2) is 6.03. The molecule has 94 valence electrons. The minimum absolute atomic E-state index is 0.281. The molecule has 1 aliphatic rings. The van der Waals surface area contributed by atoms with E-state index in [0.717, 1.165) is 43.8 Å². The van der Waals surface area contributed by atoms with E-state index in [1.54, 1.807) is 0 Å². The molecule has 0 saturated carbocycles. The molecule has 1 aromatic carbocycles. The Kier molecular flexibility index (Phi) is 4.40. The van der Waals surface area contributed by atoms with Crippen LogP contribution in [0.4, 0.5) is 0 Å². The van der Waals surface area contributed by atoms with Crippen LogP contribution in [0, 0.1) is 0 Å². The van der Waals surface area contributed by atoms with Crippen molar-refractivity contribution in [2.75, 3.05) is 19.8 Å². The Morgan fingerprint density at radius 1 is 1.35 bits per heavy atom. The van der Waals surface area contributed by atoms with E-state index in [2.05, 4.69) is 0 Å². The molecule has 0 aliphatic heterocycles. The summed E-state index contributed by atoms with van der Waals surface area (Å²) in [5.74, 6) is 0.898. The van der Waals surface area contributed by atoms with Crippen molar-refractivity contribution in [1.29, 1.82) is 0 Å². The second-order valence-electron chi connectivity index (χ2n) is 4.31. The molecule has 1 unspecified atom stereocenters. The molecule has 1 atom stereocenters. The van der Waals surface area contributed by atoms with E-state index < -0.39 is 0 Å². The molecular formula is C14H20O3. The number of aliphatic hydroxyl groups is 1. The topological polar surface area (TPSA) is 38.7 Å². The highest BCUT2D eigenvalue weighted by Crippen LogP contribution is 2.33. The van der Waals surface area contributed by atoms with Crippen LogP contribution in [0.3, 0.4) is 0 Å². The average molecular weight is 236 g/mol. The minimum Gasteiger partial charge on any atom is -0.493 e. The quantitative estimate of drug-likeness (QED) is 0.771. The summed E-state index contributed by atoms with van der Waals surface area (Å²) in [6.45, 7) is 4.19. The molecule has 0 saturated heterocycles. The fourth-order valence-corrected chi connectivity index (χ4v) is 2.16. The second-order valence-corrected chi connectivity index (χ2v) is 4.31. The fourth-order valence-electron chi connectivity index (χ4n) is 2.16. The molecule has 0 fully saturated rings. The van der Waals surface area contributed by atoms with Gasteiger partial charge in [0.05, 0.1) is 12.7 Å². The van der Waals surface area contributed by atoms with E-state index in [4.69, 9.17) is 9.47 Å². The summed E-state index contributed by atoms with van der Waals surface area (Å²) < 4.78 is 10.9. The van der Waals surface area contributed by atoms with Gasteiger partial charge < -0.3 is 14.6 Å². The maximum Gasteiger partial charge on any atom is 0.119 e. The van der Waals surface area contributed by atoms with Crippen LogP contribution in [-0.2, 0) is 11.2 Å². The Balaban J connectivity index is 1.82. The Labute approximate surface area is 102 Å². The first-order valence-corrected chi connectivity index (χ1v) is 6.32. The van der Waals surface area contributed by atoms with Gasteiger partial charge in [-0.15, -0.1) is 0 Å². The normalized spacial score (nSPS) is 18.1. The smallest absolute Gasteiger partial charge is 0.119 e. The third-order valence-corrected chi connectivity index (χ3v) is 3.07. The van der Waals surface area contributed by atoms with Gasteiger partial charge in [-0.25, -0.2) is 0 Å². The van der Waals surface area contributed by atoms with Crippen molar-refractivity contribution in [1.82, 2.24) is 0 Å². The predicted octanol–water partition coefficient (Wildman–Crippen LogP) is 2.47. The van der Waals surface area contributed by atoms with Crippen LogP contribution in [0.1, 0.15) is 37.0 Å². The largest absolute Gasteiger partial charge is 0.493 e. The molecule has 0 radical (unpaired) electrons. The summed E-state index contributed by atoms with van der Waals surface area (Å²) in [7, 11) is 0. The van der Waals surface area contributed by atoms with Gasteiger partial charge in [-0.2, -0.15) is 0 Å². The van der Waals surface area contributed by atoms with Crippen LogP contribution >= 0.6 is 0 Å². The van der Waals surface area contributed by atoms with Gasteiger partial charge in [0.25, 0.3) is 0 Å². The number of fused-ring (bicyclic) bond motifs is 1. The van der Waals surface area contributed by atoms with Crippen LogP contribution in [-0.4, -0.2) is 24.9 Å². The maximum absolute atomic E-state index is 9.69. The van der Waals surface area contributed by atoms with E-state index in [0.29, 0.717) is 6.61 Å². The molecule has 1 aromatic rings. The summed E-state index contributed by atoms with van der Waals surface area (Å²) in [5.41, 5.74) is 2.28. The first-order valence-electron chi connectivity index (χ1n) is 6.32. The van der Waals surface area contributed by atoms with Gasteiger partial charge in [0.2, 0.25) is 0 Å².